The molecule has 1 fully saturated rings. The van der Waals surface area contributed by atoms with Gasteiger partial charge in [-0.1, -0.05) is 62.2 Å². The summed E-state index contributed by atoms with van der Waals surface area (Å²) in [7, 11) is 0. The molecule has 1 saturated heterocycles. The number of nitrogens with two attached hydrogens (primary N) is 1. The minimum atomic E-state index is 0.256. The molecule has 1 atom stereocenters. The van der Waals surface area contributed by atoms with E-state index in [1.807, 2.05) is 24.3 Å². The molecule has 150 valence electrons. The van der Waals surface area contributed by atoms with Crippen LogP contribution in [0.2, 0.25) is 0 Å². The van der Waals surface area contributed by atoms with Crippen molar-refractivity contribution in [1.29, 1.82) is 0 Å². The van der Waals surface area contributed by atoms with Gasteiger partial charge in [0.05, 0.1) is 24.0 Å². The fourth-order valence-electron chi connectivity index (χ4n) is 4.19. The van der Waals surface area contributed by atoms with Crippen LogP contribution in [0.15, 0.2) is 91.5 Å². The molecule has 0 bridgehead atoms. The van der Waals surface area contributed by atoms with E-state index in [0.717, 1.165) is 54.5 Å². The van der Waals surface area contributed by atoms with Crippen molar-refractivity contribution in [3.05, 3.63) is 97.1 Å². The molecule has 2 heterocycles. The summed E-state index contributed by atoms with van der Waals surface area (Å²) < 4.78 is 0. The molecule has 0 aromatic heterocycles. The third-order valence-corrected chi connectivity index (χ3v) is 5.79. The maximum Gasteiger partial charge on any atom is 0.121 e. The highest BCUT2D eigenvalue weighted by Crippen LogP contribution is 2.39. The topological polar surface area (TPSA) is 47.8 Å². The molecule has 2 aromatic carbocycles. The van der Waals surface area contributed by atoms with Crippen LogP contribution >= 0.6 is 0 Å². The molecule has 2 aliphatic rings. The second-order valence-corrected chi connectivity index (χ2v) is 7.64. The Hall–Kier alpha value is -3.18. The van der Waals surface area contributed by atoms with E-state index in [0.29, 0.717) is 6.54 Å². The normalized spacial score (nSPS) is 18.2. The summed E-state index contributed by atoms with van der Waals surface area (Å²) in [5.41, 5.74) is 5.40. The molecule has 0 spiro atoms. The van der Waals surface area contributed by atoms with Gasteiger partial charge in [-0.3, -0.25) is 5.01 Å². The van der Waals surface area contributed by atoms with Crippen LogP contribution in [-0.2, 0) is 6.54 Å². The number of fused-ring (bicyclic) bond motifs is 1. The van der Waals surface area contributed by atoms with Crippen molar-refractivity contribution in [3.63, 3.8) is 0 Å². The molecule has 0 radical (unpaired) electrons. The number of nitrogens with one attached hydrogen (secondary N) is 1. The zero-order valence-electron chi connectivity index (χ0n) is 16.8. The Bertz CT molecular complexity index is 920. The molecule has 3 N–H and O–H groups in total. The average molecular weight is 388 g/mol. The predicted molar refractivity (Wildman–Crippen MR) is 121 cm³/mol. The van der Waals surface area contributed by atoms with Crippen molar-refractivity contribution in [2.24, 2.45) is 5.84 Å². The van der Waals surface area contributed by atoms with E-state index in [4.69, 9.17) is 5.84 Å². The first-order chi connectivity index (χ1) is 14.1. The molecule has 0 saturated carbocycles. The van der Waals surface area contributed by atoms with Crippen LogP contribution in [0, 0.1) is 0 Å². The van der Waals surface area contributed by atoms with Crippen molar-refractivity contribution in [2.45, 2.75) is 25.4 Å². The van der Waals surface area contributed by atoms with Gasteiger partial charge in [-0.05, 0) is 30.5 Å². The van der Waals surface area contributed by atoms with Gasteiger partial charge >= 0.3 is 0 Å². The summed E-state index contributed by atoms with van der Waals surface area (Å²) in [6.07, 6.45) is 2.22. The van der Waals surface area contributed by atoms with Gasteiger partial charge in [0.1, 0.15) is 5.82 Å². The summed E-state index contributed by atoms with van der Waals surface area (Å²) in [6.45, 7) is 15.3. The summed E-state index contributed by atoms with van der Waals surface area (Å²) >= 11 is 0. The molecule has 5 nitrogen and oxygen atoms in total. The number of rotatable bonds is 7. The summed E-state index contributed by atoms with van der Waals surface area (Å²) in [6, 6.07) is 18.8. The van der Waals surface area contributed by atoms with Gasteiger partial charge in [0, 0.05) is 24.5 Å². The van der Waals surface area contributed by atoms with Gasteiger partial charge < -0.3 is 15.1 Å². The fourth-order valence-corrected chi connectivity index (χ4v) is 4.19. The third kappa shape index (κ3) is 3.74. The van der Waals surface area contributed by atoms with Gasteiger partial charge in [0.25, 0.3) is 0 Å². The molecule has 29 heavy (non-hydrogen) atoms. The smallest absolute Gasteiger partial charge is 0.121 e. The Morgan fingerprint density at radius 1 is 1.03 bits per heavy atom. The predicted octanol–water partition coefficient (Wildman–Crippen LogP) is 3.94. The van der Waals surface area contributed by atoms with Crippen molar-refractivity contribution in [3.8, 4) is 0 Å². The van der Waals surface area contributed by atoms with Crippen molar-refractivity contribution in [1.82, 2.24) is 10.2 Å². The number of para-hydroxylation sites is 2. The lowest BCUT2D eigenvalue weighted by Crippen LogP contribution is -2.39. The largest absolute Gasteiger partial charge is 0.383 e. The first-order valence-electron chi connectivity index (χ1n) is 10.1. The monoisotopic (exact) mass is 387 g/mol. The zero-order valence-corrected chi connectivity index (χ0v) is 16.8. The maximum absolute atomic E-state index is 6.20. The second kappa shape index (κ2) is 8.05. The molecule has 2 aromatic rings. The second-order valence-electron chi connectivity index (χ2n) is 7.64. The first kappa shape index (κ1) is 19.2. The molecular weight excluding hydrogens is 358 g/mol. The van der Waals surface area contributed by atoms with E-state index >= 15 is 0 Å². The fraction of sp³-hybridized carbons (Fsp3) is 0.250. The summed E-state index contributed by atoms with van der Waals surface area (Å²) in [5.74, 6) is 6.97. The van der Waals surface area contributed by atoms with Crippen LogP contribution < -0.4 is 21.1 Å². The summed E-state index contributed by atoms with van der Waals surface area (Å²) in [4.78, 5) is 4.50. The molecule has 0 amide bonds. The van der Waals surface area contributed by atoms with Crippen molar-refractivity contribution < 1.29 is 0 Å². The lowest BCUT2D eigenvalue weighted by molar-refractivity contribution is 0.339. The van der Waals surface area contributed by atoms with E-state index in [9.17, 15) is 0 Å². The third-order valence-electron chi connectivity index (χ3n) is 5.79. The highest BCUT2D eigenvalue weighted by Gasteiger charge is 2.32. The molecular formula is C24H29N5. The molecule has 2 aliphatic heterocycles. The molecule has 0 aliphatic carbocycles. The standard InChI is InChI=1S/C24H29N5/c1-18(17-28-20(3)29(25)24-13-8-7-12-23(24)28)27-15-9-14-22(27)19(2)26-16-21-10-5-4-6-11-21/h4-8,10-13,22,26H,1-3,9,14-17,25H2. The first-order valence-corrected chi connectivity index (χ1v) is 10.1. The van der Waals surface area contributed by atoms with Crippen molar-refractivity contribution >= 4 is 11.4 Å². The van der Waals surface area contributed by atoms with Crippen LogP contribution in [0.25, 0.3) is 0 Å². The average Bonchev–Trinajstić information content (AvgIpc) is 3.33. The van der Waals surface area contributed by atoms with Gasteiger partial charge in [0.15, 0.2) is 0 Å². The molecule has 5 heteroatoms. The minimum absolute atomic E-state index is 0.256. The van der Waals surface area contributed by atoms with E-state index in [-0.39, 0.29) is 6.04 Å². The number of likely N-dealkylation sites (tertiary alicyclic amines) is 1. The Morgan fingerprint density at radius 3 is 2.48 bits per heavy atom. The number of anilines is 2. The Morgan fingerprint density at radius 2 is 1.72 bits per heavy atom. The lowest BCUT2D eigenvalue weighted by Gasteiger charge is -2.33. The highest BCUT2D eigenvalue weighted by atomic mass is 15.5. The van der Waals surface area contributed by atoms with E-state index in [2.05, 4.69) is 65.2 Å². The van der Waals surface area contributed by atoms with Crippen LogP contribution in [0.5, 0.6) is 0 Å². The molecule has 4 rings (SSSR count). The lowest BCUT2D eigenvalue weighted by atomic mass is 10.1. The number of benzene rings is 2. The van der Waals surface area contributed by atoms with Gasteiger partial charge in [0.2, 0.25) is 0 Å². The van der Waals surface area contributed by atoms with Crippen molar-refractivity contribution in [2.75, 3.05) is 23.0 Å². The van der Waals surface area contributed by atoms with Crippen LogP contribution in [0.3, 0.4) is 0 Å². The highest BCUT2D eigenvalue weighted by molar-refractivity contribution is 5.81. The summed E-state index contributed by atoms with van der Waals surface area (Å²) in [5, 5.41) is 5.16. The SMILES string of the molecule is C=C(NCc1ccccc1)C1CCCN1C(=C)CN1C(=C)N(N)c2ccccc21. The van der Waals surface area contributed by atoms with Gasteiger partial charge in [-0.15, -0.1) is 0 Å². The van der Waals surface area contributed by atoms with Crippen LogP contribution in [0.1, 0.15) is 18.4 Å². The Kier molecular flexibility index (Phi) is 5.32. The Balaban J connectivity index is 1.42. The Labute approximate surface area is 173 Å². The maximum atomic E-state index is 6.20. The van der Waals surface area contributed by atoms with Crippen LogP contribution in [-0.4, -0.2) is 24.0 Å². The van der Waals surface area contributed by atoms with Crippen LogP contribution in [0.4, 0.5) is 11.4 Å². The van der Waals surface area contributed by atoms with E-state index < -0.39 is 0 Å². The van der Waals surface area contributed by atoms with Gasteiger partial charge in [-0.2, -0.15) is 0 Å². The quantitative estimate of drug-likeness (QED) is 0.705. The molecule has 1 unspecified atom stereocenters. The minimum Gasteiger partial charge on any atom is -0.383 e. The zero-order chi connectivity index (χ0) is 20.4. The van der Waals surface area contributed by atoms with E-state index in [1.54, 1.807) is 5.01 Å². The number of hydrazine groups is 1. The van der Waals surface area contributed by atoms with Gasteiger partial charge in [-0.25, -0.2) is 5.84 Å². The number of hydrogen-bond acceptors (Lipinski definition) is 5. The van der Waals surface area contributed by atoms with E-state index in [1.165, 1.54) is 5.56 Å². The number of hydrogen-bond donors (Lipinski definition) is 2. The number of nitrogens with zero attached hydrogens (tertiary/aromatic N) is 3.